The van der Waals surface area contributed by atoms with Gasteiger partial charge < -0.3 is 10.2 Å². The number of phenolic OH excluding ortho intramolecular Hbond substituents is 1. The topological polar surface area (TPSA) is 107 Å². The molecule has 3 aromatic rings. The third-order valence-electron chi connectivity index (χ3n) is 7.87. The van der Waals surface area contributed by atoms with Gasteiger partial charge in [0.05, 0.1) is 17.5 Å². The minimum Gasteiger partial charge on any atom is -0.508 e. The molecule has 3 N–H and O–H groups in total. The third-order valence-corrected chi connectivity index (χ3v) is 8.40. The molecular formula is C30H29BrN2O5. The summed E-state index contributed by atoms with van der Waals surface area (Å²) in [6, 6.07) is 18.7. The molecule has 0 aliphatic carbocycles. The Morgan fingerprint density at radius 3 is 2.11 bits per heavy atom. The van der Waals surface area contributed by atoms with E-state index in [2.05, 4.69) is 21.2 Å². The van der Waals surface area contributed by atoms with Crippen molar-refractivity contribution in [2.45, 2.75) is 44.7 Å². The Labute approximate surface area is 229 Å². The van der Waals surface area contributed by atoms with Crippen LogP contribution in [0.15, 0.2) is 71.2 Å². The van der Waals surface area contributed by atoms with Crippen LogP contribution in [0.25, 0.3) is 0 Å². The number of hydrogen-bond acceptors (Lipinski definition) is 5. The number of halogens is 1. The number of aromatic hydroxyl groups is 1. The number of carbonyl (C=O) groups excluding carboxylic acids is 2. The van der Waals surface area contributed by atoms with Gasteiger partial charge in [-0.05, 0) is 59.4 Å². The van der Waals surface area contributed by atoms with Crippen LogP contribution < -0.4 is 10.2 Å². The minimum atomic E-state index is -1.73. The van der Waals surface area contributed by atoms with E-state index in [0.717, 1.165) is 21.2 Å². The molecule has 4 atom stereocenters. The summed E-state index contributed by atoms with van der Waals surface area (Å²) in [7, 11) is 0. The zero-order valence-corrected chi connectivity index (χ0v) is 22.7. The van der Waals surface area contributed by atoms with Crippen molar-refractivity contribution in [3.8, 4) is 5.75 Å². The van der Waals surface area contributed by atoms with Crippen LogP contribution in [-0.2, 0) is 33.6 Å². The molecule has 0 bridgehead atoms. The molecule has 2 aliphatic rings. The maximum atomic E-state index is 14.3. The number of carboxylic acids is 1. The van der Waals surface area contributed by atoms with E-state index in [4.69, 9.17) is 0 Å². The van der Waals surface area contributed by atoms with Crippen molar-refractivity contribution in [2.24, 2.45) is 11.8 Å². The number of carboxylic acid groups (broad SMARTS) is 1. The number of aliphatic carboxylic acids is 1. The monoisotopic (exact) mass is 576 g/mol. The molecule has 0 saturated carbocycles. The second-order valence-electron chi connectivity index (χ2n) is 9.94. The van der Waals surface area contributed by atoms with Gasteiger partial charge in [0.15, 0.2) is 0 Å². The molecule has 0 spiro atoms. The van der Waals surface area contributed by atoms with Gasteiger partial charge in [-0.25, -0.2) is 4.90 Å². The van der Waals surface area contributed by atoms with E-state index in [1.165, 1.54) is 17.0 Å². The number of fused-ring (bicyclic) bond motifs is 1. The average molecular weight is 577 g/mol. The van der Waals surface area contributed by atoms with Gasteiger partial charge in [-0.15, -0.1) is 0 Å². The molecule has 196 valence electrons. The number of anilines is 1. The molecule has 4 unspecified atom stereocenters. The van der Waals surface area contributed by atoms with Gasteiger partial charge in [0.25, 0.3) is 0 Å². The van der Waals surface area contributed by atoms with Crippen LogP contribution in [0.5, 0.6) is 5.75 Å². The van der Waals surface area contributed by atoms with E-state index in [1.807, 2.05) is 56.3 Å². The summed E-state index contributed by atoms with van der Waals surface area (Å²) in [5.41, 5.74) is 1.97. The first-order valence-corrected chi connectivity index (χ1v) is 13.5. The number of para-hydroxylation sites is 1. The summed E-state index contributed by atoms with van der Waals surface area (Å²) in [4.78, 5) is 42.9. The predicted octanol–water partition coefficient (Wildman–Crippen LogP) is 4.80. The van der Waals surface area contributed by atoms with Crippen LogP contribution in [0.4, 0.5) is 5.69 Å². The van der Waals surface area contributed by atoms with E-state index in [9.17, 15) is 24.6 Å². The zero-order chi connectivity index (χ0) is 27.2. The lowest BCUT2D eigenvalue weighted by Crippen LogP contribution is -2.57. The van der Waals surface area contributed by atoms with Crippen LogP contribution >= 0.6 is 15.9 Å². The molecule has 7 nitrogen and oxygen atoms in total. The van der Waals surface area contributed by atoms with E-state index < -0.39 is 35.3 Å². The van der Waals surface area contributed by atoms with Crippen molar-refractivity contribution in [1.82, 2.24) is 5.32 Å². The summed E-state index contributed by atoms with van der Waals surface area (Å²) in [6.45, 7) is 3.95. The first-order chi connectivity index (χ1) is 18.2. The van der Waals surface area contributed by atoms with Gasteiger partial charge in [-0.2, -0.15) is 0 Å². The fraction of sp³-hybridized carbons (Fsp3) is 0.300. The van der Waals surface area contributed by atoms with E-state index >= 15 is 0 Å². The smallest absolute Gasteiger partial charge is 0.325 e. The number of hydrogen-bond donors (Lipinski definition) is 3. The Morgan fingerprint density at radius 1 is 0.947 bits per heavy atom. The lowest BCUT2D eigenvalue weighted by atomic mass is 9.76. The molecule has 3 aromatic carbocycles. The molecule has 8 heteroatoms. The number of phenols is 1. The molecule has 0 aromatic heterocycles. The van der Waals surface area contributed by atoms with Crippen molar-refractivity contribution < 1.29 is 24.6 Å². The summed E-state index contributed by atoms with van der Waals surface area (Å²) in [5.74, 6) is -4.03. The van der Waals surface area contributed by atoms with Crippen molar-refractivity contribution in [3.63, 3.8) is 0 Å². The molecule has 2 aliphatic heterocycles. The number of benzene rings is 3. The fourth-order valence-corrected chi connectivity index (χ4v) is 6.32. The van der Waals surface area contributed by atoms with E-state index in [0.29, 0.717) is 24.1 Å². The van der Waals surface area contributed by atoms with E-state index in [-0.39, 0.29) is 18.1 Å². The maximum absolute atomic E-state index is 14.3. The quantitative estimate of drug-likeness (QED) is 0.349. The van der Waals surface area contributed by atoms with Gasteiger partial charge in [0.2, 0.25) is 11.8 Å². The minimum absolute atomic E-state index is 0.0280. The largest absolute Gasteiger partial charge is 0.508 e. The van der Waals surface area contributed by atoms with Crippen LogP contribution in [0, 0.1) is 11.8 Å². The number of aryl methyl sites for hydroxylation is 2. The van der Waals surface area contributed by atoms with Gasteiger partial charge in [-0.3, -0.25) is 19.7 Å². The molecule has 2 saturated heterocycles. The maximum Gasteiger partial charge on any atom is 0.325 e. The Kier molecular flexibility index (Phi) is 6.88. The number of amides is 2. The SMILES string of the molecule is CCc1cccc(CC)c1N1C(=O)C2C(c3ccc(Br)cc3)NC(Cc3ccc(O)cc3)(C(=O)O)C2C1=O. The Morgan fingerprint density at radius 2 is 1.55 bits per heavy atom. The second kappa shape index (κ2) is 10.0. The van der Waals surface area contributed by atoms with Crippen LogP contribution in [-0.4, -0.2) is 33.5 Å². The highest BCUT2D eigenvalue weighted by Crippen LogP contribution is 2.51. The highest BCUT2D eigenvalue weighted by atomic mass is 79.9. The molecule has 2 fully saturated rings. The Hall–Kier alpha value is -3.49. The predicted molar refractivity (Wildman–Crippen MR) is 147 cm³/mol. The molecule has 2 amide bonds. The average Bonchev–Trinajstić information content (AvgIpc) is 3.39. The first-order valence-electron chi connectivity index (χ1n) is 12.7. The van der Waals surface area contributed by atoms with Crippen LogP contribution in [0.3, 0.4) is 0 Å². The number of imide groups is 1. The van der Waals surface area contributed by atoms with Gasteiger partial charge in [0.1, 0.15) is 11.3 Å². The van der Waals surface area contributed by atoms with Crippen LogP contribution in [0.2, 0.25) is 0 Å². The number of rotatable bonds is 7. The number of carbonyl (C=O) groups is 3. The highest BCUT2D eigenvalue weighted by Gasteiger charge is 2.68. The normalized spacial score (nSPS) is 24.6. The lowest BCUT2D eigenvalue weighted by Gasteiger charge is -2.32. The summed E-state index contributed by atoms with van der Waals surface area (Å²) in [5, 5.41) is 23.7. The van der Waals surface area contributed by atoms with Gasteiger partial charge in [-0.1, -0.05) is 72.2 Å². The molecular weight excluding hydrogens is 548 g/mol. The Bertz CT molecular complexity index is 1380. The number of nitrogens with one attached hydrogen (secondary N) is 1. The van der Waals surface area contributed by atoms with Crippen molar-refractivity contribution in [3.05, 3.63) is 93.5 Å². The molecule has 38 heavy (non-hydrogen) atoms. The standard InChI is InChI=1S/C30H29BrN2O5/c1-3-18-6-5-7-19(4-2)26(18)33-27(35)23-24(28(33)36)30(29(37)38,16-17-8-14-22(34)15-9-17)32-25(23)20-10-12-21(31)13-11-20/h5-15,23-25,32,34H,3-4,16H2,1-2H3,(H,37,38). The summed E-state index contributed by atoms with van der Waals surface area (Å²) in [6.07, 6.45) is 1.23. The molecule has 5 rings (SSSR count). The third kappa shape index (κ3) is 4.12. The van der Waals surface area contributed by atoms with Crippen molar-refractivity contribution in [2.75, 3.05) is 4.90 Å². The van der Waals surface area contributed by atoms with Gasteiger partial charge >= 0.3 is 5.97 Å². The first kappa shape index (κ1) is 26.1. The van der Waals surface area contributed by atoms with Crippen LogP contribution in [0.1, 0.15) is 42.1 Å². The second-order valence-corrected chi connectivity index (χ2v) is 10.9. The summed E-state index contributed by atoms with van der Waals surface area (Å²) < 4.78 is 0.851. The van der Waals surface area contributed by atoms with Crippen molar-refractivity contribution >= 4 is 39.4 Å². The Balaban J connectivity index is 1.69. The van der Waals surface area contributed by atoms with Crippen molar-refractivity contribution in [1.29, 1.82) is 0 Å². The highest BCUT2D eigenvalue weighted by molar-refractivity contribution is 9.10. The molecule has 0 radical (unpaired) electrons. The molecule has 2 heterocycles. The zero-order valence-electron chi connectivity index (χ0n) is 21.1. The summed E-state index contributed by atoms with van der Waals surface area (Å²) >= 11 is 3.44. The van der Waals surface area contributed by atoms with E-state index in [1.54, 1.807) is 12.1 Å². The van der Waals surface area contributed by atoms with Gasteiger partial charge in [0, 0.05) is 16.9 Å². The number of nitrogens with zero attached hydrogens (tertiary/aromatic N) is 1. The fourth-order valence-electron chi connectivity index (χ4n) is 6.05. The lowest BCUT2D eigenvalue weighted by molar-refractivity contribution is -0.148.